The van der Waals surface area contributed by atoms with Gasteiger partial charge in [-0.1, -0.05) is 13.8 Å². The lowest BCUT2D eigenvalue weighted by atomic mass is 10.0. The maximum absolute atomic E-state index is 13.0. The first kappa shape index (κ1) is 27.0. The Balaban J connectivity index is 2.98. The van der Waals surface area contributed by atoms with Crippen LogP contribution in [-0.4, -0.2) is 69.5 Å². The molecule has 0 aromatic carbocycles. The number of nitrogens with two attached hydrogens (primary N) is 2. The van der Waals surface area contributed by atoms with Gasteiger partial charge in [0, 0.05) is 18.3 Å². The second-order valence-corrected chi connectivity index (χ2v) is 8.03. The van der Waals surface area contributed by atoms with Crippen molar-refractivity contribution in [1.29, 1.82) is 0 Å². The lowest BCUT2D eigenvalue weighted by Gasteiger charge is -2.25. The molecule has 12 nitrogen and oxygen atoms in total. The number of imidazole rings is 1. The standard InChI is InChI=1S/C20H35N7O5/c1-11(2)16(22)19(30)27-15(8-13-9-23-10-24-13)18(29)26-14(6-4-5-7-21)17(28)25-12(3)20(31)32/h9-12,14-16H,4-8,21-22H2,1-3H3,(H,23,24)(H,25,28)(H,26,29)(H,27,30)(H,31,32). The molecular weight excluding hydrogens is 418 g/mol. The summed E-state index contributed by atoms with van der Waals surface area (Å²) in [5.74, 6) is -3.06. The summed E-state index contributed by atoms with van der Waals surface area (Å²) in [6.07, 6.45) is 4.51. The summed E-state index contributed by atoms with van der Waals surface area (Å²) >= 11 is 0. The molecule has 0 radical (unpaired) electrons. The molecule has 180 valence electrons. The fraction of sp³-hybridized carbons (Fsp3) is 0.650. The third-order valence-corrected chi connectivity index (χ3v) is 4.94. The van der Waals surface area contributed by atoms with E-state index in [4.69, 9.17) is 16.6 Å². The van der Waals surface area contributed by atoms with Gasteiger partial charge in [-0.15, -0.1) is 0 Å². The number of nitrogens with one attached hydrogen (secondary N) is 4. The lowest BCUT2D eigenvalue weighted by molar-refractivity contribution is -0.141. The van der Waals surface area contributed by atoms with Gasteiger partial charge in [0.05, 0.1) is 12.4 Å². The van der Waals surface area contributed by atoms with Crippen LogP contribution in [0.1, 0.15) is 45.7 Å². The summed E-state index contributed by atoms with van der Waals surface area (Å²) < 4.78 is 0. The molecule has 12 heteroatoms. The molecule has 1 heterocycles. The third-order valence-electron chi connectivity index (χ3n) is 4.94. The number of unbranched alkanes of at least 4 members (excludes halogenated alkanes) is 1. The first-order valence-electron chi connectivity index (χ1n) is 10.6. The summed E-state index contributed by atoms with van der Waals surface area (Å²) in [5.41, 5.74) is 12.0. The zero-order valence-electron chi connectivity index (χ0n) is 18.8. The van der Waals surface area contributed by atoms with Crippen molar-refractivity contribution >= 4 is 23.7 Å². The molecule has 0 saturated heterocycles. The number of carbonyl (C=O) groups is 4. The summed E-state index contributed by atoms with van der Waals surface area (Å²) in [4.78, 5) is 56.0. The number of carboxylic acid groups (broad SMARTS) is 1. The molecule has 0 aliphatic carbocycles. The van der Waals surface area contributed by atoms with E-state index in [2.05, 4.69) is 25.9 Å². The second kappa shape index (κ2) is 13.4. The minimum absolute atomic E-state index is 0.102. The molecule has 4 unspecified atom stereocenters. The van der Waals surface area contributed by atoms with Crippen LogP contribution in [0.15, 0.2) is 12.5 Å². The van der Waals surface area contributed by atoms with E-state index < -0.39 is 47.9 Å². The van der Waals surface area contributed by atoms with Crippen molar-refractivity contribution in [2.75, 3.05) is 6.54 Å². The quantitative estimate of drug-likeness (QED) is 0.167. The van der Waals surface area contributed by atoms with E-state index in [1.165, 1.54) is 19.4 Å². The van der Waals surface area contributed by atoms with Crippen molar-refractivity contribution in [2.24, 2.45) is 17.4 Å². The molecule has 0 saturated carbocycles. The first-order chi connectivity index (χ1) is 15.1. The van der Waals surface area contributed by atoms with Gasteiger partial charge in [-0.05, 0) is 38.6 Å². The van der Waals surface area contributed by atoms with Gasteiger partial charge in [0.25, 0.3) is 0 Å². The van der Waals surface area contributed by atoms with Crippen LogP contribution in [0.25, 0.3) is 0 Å². The minimum atomic E-state index is -1.20. The number of nitrogens with zero attached hydrogens (tertiary/aromatic N) is 1. The molecule has 1 aromatic rings. The molecule has 1 aromatic heterocycles. The largest absolute Gasteiger partial charge is 0.480 e. The molecule has 0 fully saturated rings. The molecule has 1 rings (SSSR count). The molecule has 4 atom stereocenters. The molecule has 32 heavy (non-hydrogen) atoms. The van der Waals surface area contributed by atoms with E-state index in [0.29, 0.717) is 25.1 Å². The van der Waals surface area contributed by atoms with Crippen LogP contribution in [0.3, 0.4) is 0 Å². The van der Waals surface area contributed by atoms with Gasteiger partial charge in [0.1, 0.15) is 18.1 Å². The fourth-order valence-corrected chi connectivity index (χ4v) is 2.81. The monoisotopic (exact) mass is 453 g/mol. The Hall–Kier alpha value is -2.99. The summed E-state index contributed by atoms with van der Waals surface area (Å²) in [6.45, 7) is 5.32. The predicted octanol–water partition coefficient (Wildman–Crippen LogP) is -1.38. The summed E-state index contributed by atoms with van der Waals surface area (Å²) in [5, 5.41) is 16.7. The van der Waals surface area contributed by atoms with Crippen LogP contribution in [0.2, 0.25) is 0 Å². The van der Waals surface area contributed by atoms with Crippen molar-refractivity contribution in [3.05, 3.63) is 18.2 Å². The molecule has 0 spiro atoms. The van der Waals surface area contributed by atoms with Crippen molar-refractivity contribution in [2.45, 2.75) is 70.6 Å². The Morgan fingerprint density at radius 2 is 1.66 bits per heavy atom. The highest BCUT2D eigenvalue weighted by Crippen LogP contribution is 2.06. The van der Waals surface area contributed by atoms with Crippen LogP contribution in [0, 0.1) is 5.92 Å². The maximum Gasteiger partial charge on any atom is 0.325 e. The lowest BCUT2D eigenvalue weighted by Crippen LogP contribution is -2.57. The SMILES string of the molecule is CC(NC(=O)C(CCCCN)NC(=O)C(Cc1cnc[nH]1)NC(=O)C(N)C(C)C)C(=O)O. The Bertz CT molecular complexity index is 754. The Labute approximate surface area is 187 Å². The first-order valence-corrected chi connectivity index (χ1v) is 10.6. The van der Waals surface area contributed by atoms with Crippen molar-refractivity contribution < 1.29 is 24.3 Å². The molecule has 0 aliphatic rings. The highest BCUT2D eigenvalue weighted by molar-refractivity contribution is 5.94. The van der Waals surface area contributed by atoms with Crippen LogP contribution in [0.4, 0.5) is 0 Å². The number of amides is 3. The van der Waals surface area contributed by atoms with E-state index in [-0.39, 0.29) is 18.8 Å². The Morgan fingerprint density at radius 3 is 2.19 bits per heavy atom. The number of H-pyrrole nitrogens is 1. The van der Waals surface area contributed by atoms with E-state index in [0.717, 1.165) is 0 Å². The number of hydrogen-bond acceptors (Lipinski definition) is 7. The average Bonchev–Trinajstić information content (AvgIpc) is 3.24. The van der Waals surface area contributed by atoms with Gasteiger partial charge in [0.2, 0.25) is 17.7 Å². The van der Waals surface area contributed by atoms with Crippen LogP contribution >= 0.6 is 0 Å². The van der Waals surface area contributed by atoms with Crippen LogP contribution in [-0.2, 0) is 25.6 Å². The van der Waals surface area contributed by atoms with Gasteiger partial charge in [-0.3, -0.25) is 19.2 Å². The highest BCUT2D eigenvalue weighted by atomic mass is 16.4. The molecule has 3 amide bonds. The van der Waals surface area contributed by atoms with Gasteiger partial charge < -0.3 is 37.5 Å². The number of aromatic amines is 1. The molecule has 0 bridgehead atoms. The van der Waals surface area contributed by atoms with Crippen LogP contribution < -0.4 is 27.4 Å². The number of aliphatic carboxylic acids is 1. The number of aromatic nitrogens is 2. The summed E-state index contributed by atoms with van der Waals surface area (Å²) in [6, 6.07) is -3.95. The highest BCUT2D eigenvalue weighted by Gasteiger charge is 2.30. The van der Waals surface area contributed by atoms with E-state index in [9.17, 15) is 19.2 Å². The number of hydrogen-bond donors (Lipinski definition) is 7. The molecule has 9 N–H and O–H groups in total. The number of carboxylic acids is 1. The predicted molar refractivity (Wildman–Crippen MR) is 117 cm³/mol. The Morgan fingerprint density at radius 1 is 1.03 bits per heavy atom. The maximum atomic E-state index is 13.0. The smallest absolute Gasteiger partial charge is 0.325 e. The zero-order chi connectivity index (χ0) is 24.3. The fourth-order valence-electron chi connectivity index (χ4n) is 2.81. The van der Waals surface area contributed by atoms with Crippen molar-refractivity contribution in [3.63, 3.8) is 0 Å². The van der Waals surface area contributed by atoms with Crippen molar-refractivity contribution in [1.82, 2.24) is 25.9 Å². The van der Waals surface area contributed by atoms with Gasteiger partial charge >= 0.3 is 5.97 Å². The zero-order valence-corrected chi connectivity index (χ0v) is 18.8. The molecule has 0 aliphatic heterocycles. The molecular formula is C20H35N7O5. The number of rotatable bonds is 14. The second-order valence-electron chi connectivity index (χ2n) is 8.03. The number of carbonyl (C=O) groups excluding carboxylic acids is 3. The van der Waals surface area contributed by atoms with E-state index in [1.807, 2.05) is 0 Å². The third kappa shape index (κ3) is 9.02. The van der Waals surface area contributed by atoms with E-state index >= 15 is 0 Å². The summed E-state index contributed by atoms with van der Waals surface area (Å²) in [7, 11) is 0. The topological polar surface area (TPSA) is 205 Å². The average molecular weight is 454 g/mol. The Kier molecular flexibility index (Phi) is 11.3. The minimum Gasteiger partial charge on any atom is -0.480 e. The van der Waals surface area contributed by atoms with Gasteiger partial charge in [-0.25, -0.2) is 4.98 Å². The van der Waals surface area contributed by atoms with Crippen molar-refractivity contribution in [3.8, 4) is 0 Å². The van der Waals surface area contributed by atoms with Gasteiger partial charge in [0.15, 0.2) is 0 Å². The van der Waals surface area contributed by atoms with Crippen LogP contribution in [0.5, 0.6) is 0 Å². The normalized spacial score (nSPS) is 14.8. The van der Waals surface area contributed by atoms with E-state index in [1.54, 1.807) is 13.8 Å². The van der Waals surface area contributed by atoms with Gasteiger partial charge in [-0.2, -0.15) is 0 Å².